The zero-order valence-electron chi connectivity index (χ0n) is 16.2. The molecule has 0 spiro atoms. The summed E-state index contributed by atoms with van der Waals surface area (Å²) in [6.45, 7) is 11.5. The third-order valence-corrected chi connectivity index (χ3v) is 4.26. The first-order chi connectivity index (χ1) is 12.6. The number of phenols is 2. The predicted octanol–water partition coefficient (Wildman–Crippen LogP) is 5.24. The van der Waals surface area contributed by atoms with Crippen LogP contribution in [0.15, 0.2) is 55.1 Å². The Hall–Kier alpha value is -3.01. The van der Waals surface area contributed by atoms with Crippen LogP contribution in [-0.2, 0) is 5.41 Å². The van der Waals surface area contributed by atoms with Gasteiger partial charge >= 0.3 is 0 Å². The van der Waals surface area contributed by atoms with Crippen molar-refractivity contribution >= 4 is 11.9 Å². The Labute approximate surface area is 160 Å². The highest BCUT2D eigenvalue weighted by Crippen LogP contribution is 2.37. The van der Waals surface area contributed by atoms with Gasteiger partial charge in [0.1, 0.15) is 17.2 Å². The Morgan fingerprint density at radius 1 is 1.15 bits per heavy atom. The molecule has 2 aromatic carbocycles. The first kappa shape index (κ1) is 20.3. The Kier molecular flexibility index (Phi) is 6.11. The van der Waals surface area contributed by atoms with Gasteiger partial charge in [0.2, 0.25) is 0 Å². The fraction of sp³-hybridized carbons (Fsp3) is 0.261. The van der Waals surface area contributed by atoms with Gasteiger partial charge in [-0.2, -0.15) is 0 Å². The zero-order chi connectivity index (χ0) is 20.2. The molecule has 0 saturated carbocycles. The van der Waals surface area contributed by atoms with Crippen LogP contribution in [0.3, 0.4) is 0 Å². The van der Waals surface area contributed by atoms with Gasteiger partial charge in [0, 0.05) is 28.2 Å². The number of hydrogen-bond donors (Lipinski definition) is 2. The largest absolute Gasteiger partial charge is 0.508 e. The van der Waals surface area contributed by atoms with Gasteiger partial charge in [-0.25, -0.2) is 0 Å². The van der Waals surface area contributed by atoms with Crippen LogP contribution in [0.2, 0.25) is 0 Å². The van der Waals surface area contributed by atoms with Gasteiger partial charge in [-0.05, 0) is 56.3 Å². The number of ketones is 1. The lowest BCUT2D eigenvalue weighted by molar-refractivity contribution is 0.104. The van der Waals surface area contributed by atoms with E-state index in [1.165, 1.54) is 18.2 Å². The van der Waals surface area contributed by atoms with E-state index in [0.717, 1.165) is 0 Å². The molecule has 0 bridgehead atoms. The third kappa shape index (κ3) is 5.00. The smallest absolute Gasteiger partial charge is 0.185 e. The standard InChI is InChI=1S/C23H26O4/c1-6-23(4,5)19-13-17(22(14-21(19)26)27-15(2)3)9-12-20(25)16-7-10-18(24)11-8-16/h6-15,24,26H,1H2,2-5H3/b12-9+. The maximum atomic E-state index is 12.4. The fourth-order valence-electron chi connectivity index (χ4n) is 2.59. The monoisotopic (exact) mass is 366 g/mol. The van der Waals surface area contributed by atoms with E-state index in [9.17, 15) is 15.0 Å². The summed E-state index contributed by atoms with van der Waals surface area (Å²) in [6, 6.07) is 9.47. The summed E-state index contributed by atoms with van der Waals surface area (Å²) in [6.07, 6.45) is 4.81. The van der Waals surface area contributed by atoms with E-state index >= 15 is 0 Å². The van der Waals surface area contributed by atoms with Gasteiger partial charge in [-0.15, -0.1) is 6.58 Å². The van der Waals surface area contributed by atoms with Crippen LogP contribution in [0.5, 0.6) is 17.2 Å². The molecule has 0 radical (unpaired) electrons. The Morgan fingerprint density at radius 3 is 2.33 bits per heavy atom. The molecule has 142 valence electrons. The van der Waals surface area contributed by atoms with Gasteiger partial charge in [-0.1, -0.05) is 19.9 Å². The molecule has 4 nitrogen and oxygen atoms in total. The third-order valence-electron chi connectivity index (χ3n) is 4.26. The molecule has 0 atom stereocenters. The molecular weight excluding hydrogens is 340 g/mol. The summed E-state index contributed by atoms with van der Waals surface area (Å²) in [7, 11) is 0. The second-order valence-corrected chi connectivity index (χ2v) is 7.24. The number of carbonyl (C=O) groups is 1. The van der Waals surface area contributed by atoms with Crippen LogP contribution in [-0.4, -0.2) is 22.1 Å². The van der Waals surface area contributed by atoms with Gasteiger partial charge in [0.25, 0.3) is 0 Å². The molecule has 0 heterocycles. The first-order valence-corrected chi connectivity index (χ1v) is 8.83. The van der Waals surface area contributed by atoms with Crippen LogP contribution in [0, 0.1) is 0 Å². The number of benzene rings is 2. The quantitative estimate of drug-likeness (QED) is 0.399. The van der Waals surface area contributed by atoms with Gasteiger partial charge in [0.15, 0.2) is 5.78 Å². The summed E-state index contributed by atoms with van der Waals surface area (Å²) in [4.78, 5) is 12.4. The van der Waals surface area contributed by atoms with Crippen molar-refractivity contribution in [1.29, 1.82) is 0 Å². The molecule has 0 unspecified atom stereocenters. The van der Waals surface area contributed by atoms with Crippen LogP contribution in [0.1, 0.15) is 49.2 Å². The number of phenolic OH excluding ortho intramolecular Hbond substituents is 2. The van der Waals surface area contributed by atoms with Crippen molar-refractivity contribution in [2.75, 3.05) is 0 Å². The number of allylic oxidation sites excluding steroid dienone is 2. The lowest BCUT2D eigenvalue weighted by Gasteiger charge is -2.24. The number of carbonyl (C=O) groups excluding carboxylic acids is 1. The lowest BCUT2D eigenvalue weighted by Crippen LogP contribution is -2.14. The SMILES string of the molecule is C=CC(C)(C)c1cc(/C=C/C(=O)c2ccc(O)cc2)c(OC(C)C)cc1O. The number of rotatable bonds is 7. The molecule has 0 aliphatic carbocycles. The maximum absolute atomic E-state index is 12.4. The minimum Gasteiger partial charge on any atom is -0.508 e. The van der Waals surface area contributed by atoms with Crippen molar-refractivity contribution in [1.82, 2.24) is 0 Å². The Bertz CT molecular complexity index is 859. The van der Waals surface area contributed by atoms with Crippen molar-refractivity contribution < 1.29 is 19.7 Å². The van der Waals surface area contributed by atoms with Crippen LogP contribution in [0.4, 0.5) is 0 Å². The molecule has 4 heteroatoms. The van der Waals surface area contributed by atoms with E-state index in [1.54, 1.807) is 30.4 Å². The number of aromatic hydroxyl groups is 2. The van der Waals surface area contributed by atoms with Crippen molar-refractivity contribution in [2.45, 2.75) is 39.2 Å². The maximum Gasteiger partial charge on any atom is 0.185 e. The summed E-state index contributed by atoms with van der Waals surface area (Å²) < 4.78 is 5.80. The molecule has 0 aliphatic rings. The van der Waals surface area contributed by atoms with E-state index in [0.29, 0.717) is 22.4 Å². The van der Waals surface area contributed by atoms with E-state index in [4.69, 9.17) is 4.74 Å². The van der Waals surface area contributed by atoms with Crippen LogP contribution in [0.25, 0.3) is 6.08 Å². The summed E-state index contributed by atoms with van der Waals surface area (Å²) in [5.41, 5.74) is 1.42. The molecule has 27 heavy (non-hydrogen) atoms. The number of hydrogen-bond acceptors (Lipinski definition) is 4. The number of ether oxygens (including phenoxy) is 1. The van der Waals surface area contributed by atoms with Gasteiger partial charge < -0.3 is 14.9 Å². The zero-order valence-corrected chi connectivity index (χ0v) is 16.2. The Morgan fingerprint density at radius 2 is 1.78 bits per heavy atom. The molecule has 2 rings (SSSR count). The van der Waals surface area contributed by atoms with Crippen molar-refractivity contribution in [2.24, 2.45) is 0 Å². The minimum absolute atomic E-state index is 0.0809. The summed E-state index contributed by atoms with van der Waals surface area (Å²) in [5, 5.41) is 19.8. The average Bonchev–Trinajstić information content (AvgIpc) is 2.60. The second-order valence-electron chi connectivity index (χ2n) is 7.24. The van der Waals surface area contributed by atoms with Crippen LogP contribution < -0.4 is 4.74 Å². The van der Waals surface area contributed by atoms with E-state index < -0.39 is 5.41 Å². The predicted molar refractivity (Wildman–Crippen MR) is 109 cm³/mol. The fourth-order valence-corrected chi connectivity index (χ4v) is 2.59. The van der Waals surface area contributed by atoms with E-state index in [2.05, 4.69) is 6.58 Å². The van der Waals surface area contributed by atoms with Crippen molar-refractivity contribution in [3.05, 3.63) is 71.8 Å². The molecule has 2 N–H and O–H groups in total. The van der Waals surface area contributed by atoms with Crippen LogP contribution >= 0.6 is 0 Å². The normalized spacial score (nSPS) is 11.7. The van der Waals surface area contributed by atoms with Gasteiger partial charge in [-0.3, -0.25) is 4.79 Å². The lowest BCUT2D eigenvalue weighted by atomic mass is 9.83. The molecule has 0 aromatic heterocycles. The Balaban J connectivity index is 2.45. The van der Waals surface area contributed by atoms with E-state index in [-0.39, 0.29) is 23.4 Å². The highest BCUT2D eigenvalue weighted by atomic mass is 16.5. The first-order valence-electron chi connectivity index (χ1n) is 8.83. The highest BCUT2D eigenvalue weighted by Gasteiger charge is 2.22. The average molecular weight is 366 g/mol. The van der Waals surface area contributed by atoms with E-state index in [1.807, 2.05) is 33.8 Å². The van der Waals surface area contributed by atoms with Crippen molar-refractivity contribution in [3.8, 4) is 17.2 Å². The molecule has 0 saturated heterocycles. The highest BCUT2D eigenvalue weighted by molar-refractivity contribution is 6.07. The molecule has 2 aromatic rings. The van der Waals surface area contributed by atoms with Gasteiger partial charge in [0.05, 0.1) is 6.10 Å². The summed E-state index contributed by atoms with van der Waals surface area (Å²) >= 11 is 0. The molecule has 0 fully saturated rings. The molecule has 0 aliphatic heterocycles. The van der Waals surface area contributed by atoms with Crippen molar-refractivity contribution in [3.63, 3.8) is 0 Å². The molecular formula is C23H26O4. The summed E-state index contributed by atoms with van der Waals surface area (Å²) in [5.74, 6) is 0.541. The minimum atomic E-state index is -0.440. The molecule has 0 amide bonds. The second kappa shape index (κ2) is 8.12. The topological polar surface area (TPSA) is 66.8 Å².